The summed E-state index contributed by atoms with van der Waals surface area (Å²) in [6.07, 6.45) is 1.52. The van der Waals surface area contributed by atoms with E-state index in [1.165, 1.54) is 12.1 Å². The summed E-state index contributed by atoms with van der Waals surface area (Å²) in [5.74, 6) is -1.41. The SMILES string of the molecule is [2H]c1c([2H])c(OC([2H])([2H])C(C)C)c([2H])c([2H])c1CNC(=O)N(Cc1ccc(F)cc1)C1CCN(C)CC1. The highest BCUT2D eigenvalue weighted by atomic mass is 19.1. The highest BCUT2D eigenvalue weighted by molar-refractivity contribution is 5.74. The molecule has 1 aliphatic heterocycles. The lowest BCUT2D eigenvalue weighted by Gasteiger charge is -2.37. The molecule has 0 radical (unpaired) electrons. The molecule has 1 fully saturated rings. The fourth-order valence-corrected chi connectivity index (χ4v) is 3.37. The minimum absolute atomic E-state index is 0.0223. The maximum Gasteiger partial charge on any atom is 0.318 e. The molecular formula is C25H34FN3O2. The van der Waals surface area contributed by atoms with E-state index in [2.05, 4.69) is 10.2 Å². The monoisotopic (exact) mass is 433 g/mol. The van der Waals surface area contributed by atoms with Gasteiger partial charge in [-0.1, -0.05) is 38.1 Å². The summed E-state index contributed by atoms with van der Waals surface area (Å²) in [4.78, 5) is 17.2. The van der Waals surface area contributed by atoms with Gasteiger partial charge >= 0.3 is 6.03 Å². The van der Waals surface area contributed by atoms with Gasteiger partial charge in [0.2, 0.25) is 0 Å². The van der Waals surface area contributed by atoms with E-state index in [1.54, 1.807) is 30.9 Å². The van der Waals surface area contributed by atoms with Crippen LogP contribution < -0.4 is 10.1 Å². The van der Waals surface area contributed by atoms with Crippen LogP contribution in [0.25, 0.3) is 0 Å². The van der Waals surface area contributed by atoms with Crippen LogP contribution in [0, 0.1) is 11.7 Å². The molecule has 5 nitrogen and oxygen atoms in total. The Morgan fingerprint density at radius 2 is 1.87 bits per heavy atom. The predicted octanol–water partition coefficient (Wildman–Crippen LogP) is 4.67. The third-order valence-corrected chi connectivity index (χ3v) is 5.12. The van der Waals surface area contributed by atoms with Gasteiger partial charge < -0.3 is 19.9 Å². The third kappa shape index (κ3) is 7.24. The molecule has 2 aromatic carbocycles. The second-order valence-corrected chi connectivity index (χ2v) is 8.13. The molecule has 0 unspecified atom stereocenters. The number of hydrogen-bond donors (Lipinski definition) is 1. The van der Waals surface area contributed by atoms with E-state index in [9.17, 15) is 9.18 Å². The van der Waals surface area contributed by atoms with Gasteiger partial charge in [0.05, 0.1) is 14.8 Å². The highest BCUT2D eigenvalue weighted by Gasteiger charge is 2.27. The van der Waals surface area contributed by atoms with Crippen molar-refractivity contribution in [2.75, 3.05) is 26.7 Å². The maximum absolute atomic E-state index is 13.4. The van der Waals surface area contributed by atoms with Gasteiger partial charge in [0.15, 0.2) is 0 Å². The molecule has 0 aromatic heterocycles. The molecular weight excluding hydrogens is 393 g/mol. The van der Waals surface area contributed by atoms with Crippen molar-refractivity contribution in [1.29, 1.82) is 0 Å². The van der Waals surface area contributed by atoms with Crippen molar-refractivity contribution >= 4 is 6.03 Å². The number of nitrogens with one attached hydrogen (secondary N) is 1. The molecule has 0 atom stereocenters. The molecule has 1 N–H and O–H groups in total. The number of carbonyl (C=O) groups excluding carboxylic acids is 1. The zero-order chi connectivity index (χ0) is 27.5. The summed E-state index contributed by atoms with van der Waals surface area (Å²) in [6.45, 7) is 2.63. The second-order valence-electron chi connectivity index (χ2n) is 8.13. The average molecular weight is 434 g/mol. The van der Waals surface area contributed by atoms with E-state index in [1.807, 2.05) is 7.05 Å². The summed E-state index contributed by atoms with van der Waals surface area (Å²) in [5.41, 5.74) is 0.742. The van der Waals surface area contributed by atoms with Gasteiger partial charge in [-0.15, -0.1) is 0 Å². The fourth-order valence-electron chi connectivity index (χ4n) is 3.37. The summed E-state index contributed by atoms with van der Waals surface area (Å²) in [5, 5.41) is 2.74. The van der Waals surface area contributed by atoms with E-state index in [0.717, 1.165) is 31.5 Å². The number of ether oxygens (including phenoxy) is 1. The summed E-state index contributed by atoms with van der Waals surface area (Å²) in [7, 11) is 2.02. The number of benzene rings is 2. The number of hydrogen-bond acceptors (Lipinski definition) is 3. The van der Waals surface area contributed by atoms with Gasteiger partial charge in [0.25, 0.3) is 0 Å². The lowest BCUT2D eigenvalue weighted by molar-refractivity contribution is 0.127. The van der Waals surface area contributed by atoms with Crippen LogP contribution in [0.4, 0.5) is 9.18 Å². The molecule has 0 spiro atoms. The van der Waals surface area contributed by atoms with E-state index in [-0.39, 0.29) is 30.5 Å². The van der Waals surface area contributed by atoms with Crippen LogP contribution in [-0.4, -0.2) is 48.6 Å². The van der Waals surface area contributed by atoms with Crippen LogP contribution in [-0.2, 0) is 13.1 Å². The fraction of sp³-hybridized carbons (Fsp3) is 0.480. The molecule has 3 rings (SSSR count). The summed E-state index contributed by atoms with van der Waals surface area (Å²) >= 11 is 0. The Balaban J connectivity index is 1.82. The number of rotatable bonds is 8. The number of nitrogens with zero attached hydrogens (tertiary/aromatic N) is 2. The lowest BCUT2D eigenvalue weighted by Crippen LogP contribution is -2.49. The average Bonchev–Trinajstić information content (AvgIpc) is 2.85. The third-order valence-electron chi connectivity index (χ3n) is 5.12. The Morgan fingerprint density at radius 1 is 1.23 bits per heavy atom. The first-order chi connectivity index (χ1) is 17.3. The Kier molecular flexibility index (Phi) is 5.78. The first-order valence-corrected chi connectivity index (χ1v) is 10.6. The van der Waals surface area contributed by atoms with E-state index < -0.39 is 48.4 Å². The molecule has 2 aromatic rings. The van der Waals surface area contributed by atoms with Gasteiger partial charge in [0.1, 0.15) is 11.6 Å². The van der Waals surface area contributed by atoms with Crippen molar-refractivity contribution in [3.05, 3.63) is 65.4 Å². The van der Waals surface area contributed by atoms with Crippen molar-refractivity contribution in [2.24, 2.45) is 5.92 Å². The lowest BCUT2D eigenvalue weighted by atomic mass is 10.0. The molecule has 1 saturated heterocycles. The topological polar surface area (TPSA) is 44.8 Å². The molecule has 168 valence electrons. The Labute approximate surface area is 193 Å². The molecule has 1 heterocycles. The first kappa shape index (κ1) is 16.1. The number of carbonyl (C=O) groups is 1. The van der Waals surface area contributed by atoms with Crippen molar-refractivity contribution in [3.63, 3.8) is 0 Å². The number of piperidine rings is 1. The number of amides is 2. The molecule has 0 aliphatic carbocycles. The second kappa shape index (κ2) is 11.1. The van der Waals surface area contributed by atoms with E-state index in [0.29, 0.717) is 0 Å². The smallest absolute Gasteiger partial charge is 0.318 e. The highest BCUT2D eigenvalue weighted by Crippen LogP contribution is 2.19. The minimum atomic E-state index is -2.19. The molecule has 31 heavy (non-hydrogen) atoms. The van der Waals surface area contributed by atoms with Gasteiger partial charge in [-0.05, 0) is 74.2 Å². The van der Waals surface area contributed by atoms with E-state index >= 15 is 0 Å². The van der Waals surface area contributed by atoms with Crippen molar-refractivity contribution in [1.82, 2.24) is 15.1 Å². The quantitative estimate of drug-likeness (QED) is 0.658. The zero-order valence-electron chi connectivity index (χ0n) is 24.3. The first-order valence-electron chi connectivity index (χ1n) is 13.6. The van der Waals surface area contributed by atoms with Gasteiger partial charge in [-0.25, -0.2) is 9.18 Å². The number of likely N-dealkylation sites (tertiary alicyclic amines) is 1. The van der Waals surface area contributed by atoms with Crippen LogP contribution in [0.2, 0.25) is 0 Å². The minimum Gasteiger partial charge on any atom is -0.493 e. The largest absolute Gasteiger partial charge is 0.493 e. The van der Waals surface area contributed by atoms with Crippen LogP contribution in [0.5, 0.6) is 5.75 Å². The van der Waals surface area contributed by atoms with Crippen molar-refractivity contribution in [2.45, 2.75) is 45.8 Å². The molecule has 2 amide bonds. The molecule has 0 bridgehead atoms. The Hall–Kier alpha value is -2.60. The van der Waals surface area contributed by atoms with Crippen molar-refractivity contribution in [3.8, 4) is 5.75 Å². The summed E-state index contributed by atoms with van der Waals surface area (Å²) < 4.78 is 67.9. The van der Waals surface area contributed by atoms with Crippen LogP contribution in [0.1, 0.15) is 46.0 Å². The standard InChI is InChI=1S/C25H34FN3O2/c1-19(2)18-31-24-10-6-20(7-11-24)16-27-25(30)29(23-12-14-28(3)15-13-23)17-21-4-8-22(26)9-5-21/h4-11,19,23H,12-18H2,1-3H3,(H,27,30)/i6D,7D,10D,11D,18D2. The Bertz CT molecular complexity index is 1080. The molecule has 6 heteroatoms. The summed E-state index contributed by atoms with van der Waals surface area (Å²) in [6, 6.07) is 3.64. The van der Waals surface area contributed by atoms with Gasteiger partial charge in [-0.2, -0.15) is 0 Å². The normalized spacial score (nSPS) is 18.4. The van der Waals surface area contributed by atoms with Gasteiger partial charge in [-0.3, -0.25) is 0 Å². The zero-order valence-corrected chi connectivity index (χ0v) is 18.3. The molecule has 1 aliphatic rings. The van der Waals surface area contributed by atoms with Gasteiger partial charge in [0, 0.05) is 19.1 Å². The maximum atomic E-state index is 13.4. The van der Waals surface area contributed by atoms with Crippen LogP contribution >= 0.6 is 0 Å². The number of urea groups is 1. The number of halogens is 1. The van der Waals surface area contributed by atoms with E-state index in [4.69, 9.17) is 13.0 Å². The van der Waals surface area contributed by atoms with Crippen LogP contribution in [0.3, 0.4) is 0 Å². The van der Waals surface area contributed by atoms with Crippen molar-refractivity contribution < 1.29 is 22.1 Å². The molecule has 0 saturated carbocycles. The Morgan fingerprint density at radius 3 is 2.48 bits per heavy atom. The van der Waals surface area contributed by atoms with Crippen LogP contribution in [0.15, 0.2) is 48.4 Å². The predicted molar refractivity (Wildman–Crippen MR) is 121 cm³/mol.